The van der Waals surface area contributed by atoms with Crippen molar-refractivity contribution in [3.63, 3.8) is 0 Å². The van der Waals surface area contributed by atoms with Crippen LogP contribution in [-0.2, 0) is 27.5 Å². The summed E-state index contributed by atoms with van der Waals surface area (Å²) in [6.45, 7) is -0.470. The summed E-state index contributed by atoms with van der Waals surface area (Å²) in [6.07, 6.45) is -3.24. The lowest BCUT2D eigenvalue weighted by Gasteiger charge is -2.17. The Balaban J connectivity index is 2.07. The average molecular weight is 376 g/mol. The zero-order valence-corrected chi connectivity index (χ0v) is 13.9. The fourth-order valence-electron chi connectivity index (χ4n) is 1.95. The summed E-state index contributed by atoms with van der Waals surface area (Å²) in [7, 11) is -3.13. The highest BCUT2D eigenvalue weighted by molar-refractivity contribution is 7.89. The highest BCUT2D eigenvalue weighted by Gasteiger charge is 2.32. The van der Waals surface area contributed by atoms with Crippen LogP contribution in [0.25, 0.3) is 0 Å². The van der Waals surface area contributed by atoms with E-state index >= 15 is 0 Å². The lowest BCUT2D eigenvalue weighted by atomic mass is 10.2. The molecule has 0 atom stereocenters. The van der Waals surface area contributed by atoms with E-state index in [4.69, 9.17) is 4.42 Å². The first-order valence-corrected chi connectivity index (χ1v) is 8.47. The number of nitrogens with one attached hydrogen (secondary N) is 1. The molecular formula is C15H15F3N2O4S. The minimum absolute atomic E-state index is 0.0727. The van der Waals surface area contributed by atoms with Gasteiger partial charge < -0.3 is 9.73 Å². The number of amides is 1. The first kappa shape index (κ1) is 19.0. The number of sulfonamides is 1. The van der Waals surface area contributed by atoms with Crippen LogP contribution in [0, 0.1) is 0 Å². The van der Waals surface area contributed by atoms with E-state index in [1.54, 1.807) is 12.1 Å². The number of hydrogen-bond acceptors (Lipinski definition) is 4. The van der Waals surface area contributed by atoms with Gasteiger partial charge in [-0.05, 0) is 30.3 Å². The number of rotatable bonds is 6. The molecule has 0 saturated heterocycles. The maximum Gasteiger partial charge on any atom is 0.416 e. The molecule has 1 N–H and O–H groups in total. The second kappa shape index (κ2) is 7.28. The molecule has 1 aromatic carbocycles. The molecule has 0 spiro atoms. The monoisotopic (exact) mass is 376 g/mol. The molecule has 1 aromatic heterocycles. The number of likely N-dealkylation sites (N-methyl/N-ethyl adjacent to an activating group) is 1. The molecule has 136 valence electrons. The molecule has 2 aromatic rings. The highest BCUT2D eigenvalue weighted by atomic mass is 32.2. The normalized spacial score (nSPS) is 12.4. The van der Waals surface area contributed by atoms with Gasteiger partial charge in [-0.1, -0.05) is 6.07 Å². The van der Waals surface area contributed by atoms with E-state index in [0.29, 0.717) is 16.1 Å². The fourth-order valence-corrected chi connectivity index (χ4v) is 3.13. The van der Waals surface area contributed by atoms with Gasteiger partial charge in [0.05, 0.1) is 29.8 Å². The average Bonchev–Trinajstić information content (AvgIpc) is 3.05. The zero-order valence-electron chi connectivity index (χ0n) is 13.1. The molecule has 0 aliphatic carbocycles. The van der Waals surface area contributed by atoms with Crippen LogP contribution >= 0.6 is 0 Å². The molecule has 0 fully saturated rings. The first-order chi connectivity index (χ1) is 11.6. The molecule has 10 heteroatoms. The maximum absolute atomic E-state index is 12.7. The van der Waals surface area contributed by atoms with Crippen molar-refractivity contribution in [2.24, 2.45) is 0 Å². The maximum atomic E-state index is 12.7. The van der Waals surface area contributed by atoms with Crippen LogP contribution in [0.1, 0.15) is 11.3 Å². The molecule has 1 heterocycles. The van der Waals surface area contributed by atoms with Gasteiger partial charge in [-0.25, -0.2) is 8.42 Å². The Morgan fingerprint density at radius 2 is 1.96 bits per heavy atom. The van der Waals surface area contributed by atoms with Crippen molar-refractivity contribution in [1.82, 2.24) is 9.62 Å². The summed E-state index contributed by atoms with van der Waals surface area (Å²) in [5.41, 5.74) is -1.08. The Morgan fingerprint density at radius 1 is 1.24 bits per heavy atom. The fraction of sp³-hybridized carbons (Fsp3) is 0.267. The van der Waals surface area contributed by atoms with Crippen LogP contribution in [0.15, 0.2) is 52.0 Å². The van der Waals surface area contributed by atoms with Crippen molar-refractivity contribution in [2.45, 2.75) is 17.6 Å². The summed E-state index contributed by atoms with van der Waals surface area (Å²) in [6, 6.07) is 6.61. The number of hydrogen-bond donors (Lipinski definition) is 1. The summed E-state index contributed by atoms with van der Waals surface area (Å²) < 4.78 is 68.5. The van der Waals surface area contributed by atoms with Crippen molar-refractivity contribution < 1.29 is 30.8 Å². The van der Waals surface area contributed by atoms with E-state index in [0.717, 1.165) is 25.2 Å². The van der Waals surface area contributed by atoms with Crippen molar-refractivity contribution in [2.75, 3.05) is 13.6 Å². The van der Waals surface area contributed by atoms with Gasteiger partial charge >= 0.3 is 6.18 Å². The van der Waals surface area contributed by atoms with Gasteiger partial charge in [0.1, 0.15) is 5.76 Å². The minimum atomic E-state index is -4.66. The molecule has 0 bridgehead atoms. The molecular weight excluding hydrogens is 361 g/mol. The van der Waals surface area contributed by atoms with Gasteiger partial charge in [0.2, 0.25) is 15.9 Å². The van der Waals surface area contributed by atoms with E-state index in [1.165, 1.54) is 6.26 Å². The predicted molar refractivity (Wildman–Crippen MR) is 81.8 cm³/mol. The van der Waals surface area contributed by atoms with Gasteiger partial charge in [-0.2, -0.15) is 17.5 Å². The Labute approximate surface area is 142 Å². The van der Waals surface area contributed by atoms with E-state index in [1.807, 2.05) is 0 Å². The third kappa shape index (κ3) is 4.83. The van der Waals surface area contributed by atoms with Crippen LogP contribution in [0.2, 0.25) is 0 Å². The van der Waals surface area contributed by atoms with E-state index in [-0.39, 0.29) is 6.54 Å². The number of nitrogens with zero attached hydrogens (tertiary/aromatic N) is 1. The quantitative estimate of drug-likeness (QED) is 0.839. The first-order valence-electron chi connectivity index (χ1n) is 7.03. The minimum Gasteiger partial charge on any atom is -0.467 e. The Bertz CT molecular complexity index is 833. The topological polar surface area (TPSA) is 79.6 Å². The predicted octanol–water partition coefficient (Wildman–Crippen LogP) is 2.24. The summed E-state index contributed by atoms with van der Waals surface area (Å²) in [4.78, 5) is 11.3. The van der Waals surface area contributed by atoms with Gasteiger partial charge in [0.25, 0.3) is 0 Å². The van der Waals surface area contributed by atoms with Gasteiger partial charge in [0, 0.05) is 7.05 Å². The Morgan fingerprint density at radius 3 is 2.56 bits per heavy atom. The molecule has 0 aliphatic heterocycles. The molecule has 25 heavy (non-hydrogen) atoms. The number of alkyl halides is 3. The Hall–Kier alpha value is -2.33. The Kier molecular flexibility index (Phi) is 5.53. The molecule has 1 amide bonds. The molecule has 0 aliphatic rings. The van der Waals surface area contributed by atoms with E-state index in [9.17, 15) is 26.4 Å². The smallest absolute Gasteiger partial charge is 0.416 e. The molecule has 0 unspecified atom stereocenters. The van der Waals surface area contributed by atoms with Crippen LogP contribution in [-0.4, -0.2) is 32.2 Å². The molecule has 0 saturated carbocycles. The summed E-state index contributed by atoms with van der Waals surface area (Å²) >= 11 is 0. The zero-order chi connectivity index (χ0) is 18.7. The van der Waals surface area contributed by atoms with Crippen LogP contribution in [0.5, 0.6) is 0 Å². The van der Waals surface area contributed by atoms with Crippen molar-refractivity contribution in [1.29, 1.82) is 0 Å². The summed E-state index contributed by atoms with van der Waals surface area (Å²) in [5.74, 6) is -0.133. The highest BCUT2D eigenvalue weighted by Crippen LogP contribution is 2.30. The lowest BCUT2D eigenvalue weighted by molar-refractivity contribution is -0.137. The van der Waals surface area contributed by atoms with Crippen molar-refractivity contribution in [3.05, 3.63) is 54.0 Å². The van der Waals surface area contributed by atoms with E-state index < -0.39 is 39.1 Å². The summed E-state index contributed by atoms with van der Waals surface area (Å²) in [5, 5.41) is 2.46. The number of carbonyl (C=O) groups excluding carboxylic acids is 1. The van der Waals surface area contributed by atoms with Gasteiger partial charge in [-0.3, -0.25) is 4.79 Å². The van der Waals surface area contributed by atoms with Crippen LogP contribution < -0.4 is 5.32 Å². The van der Waals surface area contributed by atoms with E-state index in [2.05, 4.69) is 5.32 Å². The largest absolute Gasteiger partial charge is 0.467 e. The number of furan rings is 1. The second-order valence-electron chi connectivity index (χ2n) is 5.14. The molecule has 6 nitrogen and oxygen atoms in total. The number of carbonyl (C=O) groups is 1. The van der Waals surface area contributed by atoms with Gasteiger partial charge in [0.15, 0.2) is 0 Å². The third-order valence-corrected chi connectivity index (χ3v) is 5.08. The van der Waals surface area contributed by atoms with Crippen LogP contribution in [0.3, 0.4) is 0 Å². The SMILES string of the molecule is CN(CC(=O)NCc1ccco1)S(=O)(=O)c1cccc(C(F)(F)F)c1. The van der Waals surface area contributed by atoms with Crippen molar-refractivity contribution >= 4 is 15.9 Å². The second-order valence-corrected chi connectivity index (χ2v) is 7.19. The van der Waals surface area contributed by atoms with Crippen molar-refractivity contribution in [3.8, 4) is 0 Å². The van der Waals surface area contributed by atoms with Crippen LogP contribution in [0.4, 0.5) is 13.2 Å². The molecule has 2 rings (SSSR count). The number of benzene rings is 1. The third-order valence-electron chi connectivity index (χ3n) is 3.28. The standard InChI is InChI=1S/C15H15F3N2O4S/c1-20(10-14(21)19-9-12-5-3-7-24-12)25(22,23)13-6-2-4-11(8-13)15(16,17)18/h2-8H,9-10H2,1H3,(H,19,21). The number of halogens is 3. The lowest BCUT2D eigenvalue weighted by Crippen LogP contribution is -2.38. The van der Waals surface area contributed by atoms with Gasteiger partial charge in [-0.15, -0.1) is 0 Å². The molecule has 0 radical (unpaired) electrons.